The van der Waals surface area contributed by atoms with Crippen molar-refractivity contribution in [1.29, 1.82) is 0 Å². The Morgan fingerprint density at radius 1 is 1.18 bits per heavy atom. The first-order valence-electron chi connectivity index (χ1n) is 4.88. The standard InChI is InChI=1S/C12H8NO4/c14-8-17-12(13(15)16)11-7-3-5-9-4-1-2-6-10(9)11/h1-7,12H. The topological polar surface area (TPSA) is 69.4 Å². The van der Waals surface area contributed by atoms with E-state index < -0.39 is 11.2 Å². The van der Waals surface area contributed by atoms with Crippen LogP contribution in [0.15, 0.2) is 42.5 Å². The molecule has 1 atom stereocenters. The van der Waals surface area contributed by atoms with Gasteiger partial charge < -0.3 is 4.74 Å². The van der Waals surface area contributed by atoms with Gasteiger partial charge in [0.1, 0.15) is 0 Å². The zero-order valence-electron chi connectivity index (χ0n) is 8.70. The summed E-state index contributed by atoms with van der Waals surface area (Å²) in [6.45, 7) is 1.12. The maximum atomic E-state index is 10.8. The molecule has 0 fully saturated rings. The summed E-state index contributed by atoms with van der Waals surface area (Å²) in [5.41, 5.74) is 0.344. The van der Waals surface area contributed by atoms with Crippen molar-refractivity contribution in [2.45, 2.75) is 6.23 Å². The molecule has 0 N–H and O–H groups in total. The van der Waals surface area contributed by atoms with E-state index >= 15 is 0 Å². The Balaban J connectivity index is 2.60. The summed E-state index contributed by atoms with van der Waals surface area (Å²) in [6, 6.07) is 12.3. The van der Waals surface area contributed by atoms with Crippen molar-refractivity contribution in [3.8, 4) is 0 Å². The summed E-state index contributed by atoms with van der Waals surface area (Å²) >= 11 is 0. The summed E-state index contributed by atoms with van der Waals surface area (Å²) in [7, 11) is 0. The number of hydrogen-bond acceptors (Lipinski definition) is 4. The van der Waals surface area contributed by atoms with Crippen LogP contribution in [0.3, 0.4) is 0 Å². The van der Waals surface area contributed by atoms with Gasteiger partial charge in [0.15, 0.2) is 0 Å². The van der Waals surface area contributed by atoms with Crippen LogP contribution in [0.2, 0.25) is 0 Å². The maximum absolute atomic E-state index is 10.8. The van der Waals surface area contributed by atoms with Crippen molar-refractivity contribution in [2.24, 2.45) is 0 Å². The van der Waals surface area contributed by atoms with E-state index in [1.165, 1.54) is 0 Å². The molecule has 5 nitrogen and oxygen atoms in total. The molecule has 0 saturated carbocycles. The van der Waals surface area contributed by atoms with Crippen LogP contribution in [0.5, 0.6) is 0 Å². The monoisotopic (exact) mass is 230 g/mol. The van der Waals surface area contributed by atoms with Crippen LogP contribution in [0.25, 0.3) is 10.8 Å². The second kappa shape index (κ2) is 4.61. The van der Waals surface area contributed by atoms with Crippen molar-refractivity contribution < 1.29 is 14.5 Å². The molecular formula is C12H8NO4. The second-order valence-electron chi connectivity index (χ2n) is 3.41. The average molecular weight is 230 g/mol. The third-order valence-corrected chi connectivity index (χ3v) is 2.44. The first-order valence-corrected chi connectivity index (χ1v) is 4.88. The number of hydrogen-bond donors (Lipinski definition) is 0. The van der Waals surface area contributed by atoms with Gasteiger partial charge in [-0.3, -0.25) is 10.1 Å². The average Bonchev–Trinajstić information content (AvgIpc) is 2.35. The summed E-state index contributed by atoms with van der Waals surface area (Å²) in [6.07, 6.45) is -1.52. The highest BCUT2D eigenvalue weighted by atomic mass is 16.7. The molecule has 0 spiro atoms. The predicted molar refractivity (Wildman–Crippen MR) is 60.5 cm³/mol. The lowest BCUT2D eigenvalue weighted by atomic mass is 10.0. The number of carbonyl (C=O) groups excluding carboxylic acids is 1. The Bertz CT molecular complexity index is 562. The van der Waals surface area contributed by atoms with E-state index in [9.17, 15) is 14.9 Å². The van der Waals surface area contributed by atoms with Gasteiger partial charge in [-0.2, -0.15) is 0 Å². The molecule has 5 heteroatoms. The summed E-state index contributed by atoms with van der Waals surface area (Å²) in [4.78, 5) is 20.4. The molecular weight excluding hydrogens is 222 g/mol. The van der Waals surface area contributed by atoms with Gasteiger partial charge in [-0.15, -0.1) is 0 Å². The van der Waals surface area contributed by atoms with Crippen LogP contribution < -0.4 is 0 Å². The Labute approximate surface area is 96.8 Å². The molecule has 2 rings (SSSR count). The summed E-state index contributed by atoms with van der Waals surface area (Å²) in [5, 5.41) is 12.4. The van der Waals surface area contributed by atoms with Gasteiger partial charge in [0.25, 0.3) is 0 Å². The van der Waals surface area contributed by atoms with Crippen LogP contribution in [0.1, 0.15) is 11.8 Å². The molecule has 2 aromatic carbocycles. The highest BCUT2D eigenvalue weighted by Gasteiger charge is 2.26. The maximum Gasteiger partial charge on any atom is 0.423 e. The van der Waals surface area contributed by atoms with Crippen LogP contribution in [-0.4, -0.2) is 11.4 Å². The van der Waals surface area contributed by atoms with Gasteiger partial charge in [0, 0.05) is 0 Å². The van der Waals surface area contributed by atoms with Gasteiger partial charge in [-0.25, -0.2) is 4.79 Å². The number of rotatable bonds is 4. The quantitative estimate of drug-likeness (QED) is 0.458. The van der Waals surface area contributed by atoms with Crippen molar-refractivity contribution in [1.82, 2.24) is 0 Å². The van der Waals surface area contributed by atoms with E-state index in [0.29, 0.717) is 10.9 Å². The lowest BCUT2D eigenvalue weighted by Crippen LogP contribution is -2.14. The number of fused-ring (bicyclic) bond motifs is 1. The number of benzene rings is 2. The number of nitro groups is 1. The molecule has 0 saturated heterocycles. The lowest BCUT2D eigenvalue weighted by molar-refractivity contribution is -0.573. The van der Waals surface area contributed by atoms with Crippen molar-refractivity contribution in [3.05, 3.63) is 58.1 Å². The Kier molecular flexibility index (Phi) is 3.00. The number of ether oxygens (including phenoxy) is 1. The predicted octanol–water partition coefficient (Wildman–Crippen LogP) is 2.20. The van der Waals surface area contributed by atoms with Gasteiger partial charge in [0.05, 0.1) is 10.5 Å². The van der Waals surface area contributed by atoms with Crippen molar-refractivity contribution >= 4 is 17.2 Å². The molecule has 1 radical (unpaired) electrons. The van der Waals surface area contributed by atoms with Gasteiger partial charge in [-0.05, 0) is 16.8 Å². The third kappa shape index (κ3) is 2.08. The fourth-order valence-electron chi connectivity index (χ4n) is 1.73. The number of nitrogens with zero attached hydrogens (tertiary/aromatic N) is 1. The molecule has 17 heavy (non-hydrogen) atoms. The van der Waals surface area contributed by atoms with Crippen LogP contribution >= 0.6 is 0 Å². The highest BCUT2D eigenvalue weighted by molar-refractivity contribution is 5.85. The minimum Gasteiger partial charge on any atom is -0.385 e. The minimum absolute atomic E-state index is 0.344. The van der Waals surface area contributed by atoms with Gasteiger partial charge in [0.2, 0.25) is 0 Å². The van der Waals surface area contributed by atoms with Crippen LogP contribution in [0, 0.1) is 10.1 Å². The van der Waals surface area contributed by atoms with Crippen LogP contribution in [-0.2, 0) is 9.53 Å². The van der Waals surface area contributed by atoms with Gasteiger partial charge >= 0.3 is 12.7 Å². The SMILES string of the molecule is O=[C]OC(c1cccc2ccccc12)[N+](=O)[O-]. The molecule has 0 aliphatic rings. The molecule has 2 aromatic rings. The third-order valence-electron chi connectivity index (χ3n) is 2.44. The van der Waals surface area contributed by atoms with Crippen molar-refractivity contribution in [3.63, 3.8) is 0 Å². The fourth-order valence-corrected chi connectivity index (χ4v) is 1.73. The summed E-state index contributed by atoms with van der Waals surface area (Å²) < 4.78 is 4.39. The Morgan fingerprint density at radius 3 is 2.59 bits per heavy atom. The van der Waals surface area contributed by atoms with E-state index in [2.05, 4.69) is 4.74 Å². The van der Waals surface area contributed by atoms with E-state index in [1.807, 2.05) is 18.2 Å². The molecule has 0 aliphatic carbocycles. The molecule has 0 bridgehead atoms. The summed E-state index contributed by atoms with van der Waals surface area (Å²) in [5.74, 6) is 0. The Hall–Kier alpha value is -2.43. The molecule has 1 unspecified atom stereocenters. The first-order chi connectivity index (χ1) is 8.24. The van der Waals surface area contributed by atoms with Crippen molar-refractivity contribution in [2.75, 3.05) is 0 Å². The second-order valence-corrected chi connectivity index (χ2v) is 3.41. The normalized spacial score (nSPS) is 12.0. The van der Waals surface area contributed by atoms with E-state index in [-0.39, 0.29) is 0 Å². The molecule has 85 valence electrons. The molecule has 0 heterocycles. The largest absolute Gasteiger partial charge is 0.423 e. The highest BCUT2D eigenvalue weighted by Crippen LogP contribution is 2.26. The molecule has 0 aromatic heterocycles. The zero-order chi connectivity index (χ0) is 12.3. The zero-order valence-corrected chi connectivity index (χ0v) is 8.70. The van der Waals surface area contributed by atoms with E-state index in [0.717, 1.165) is 11.9 Å². The molecule has 0 aliphatic heterocycles. The van der Waals surface area contributed by atoms with Gasteiger partial charge in [-0.1, -0.05) is 36.4 Å². The first kappa shape index (κ1) is 11.1. The van der Waals surface area contributed by atoms with Crippen LogP contribution in [0.4, 0.5) is 0 Å². The van der Waals surface area contributed by atoms with E-state index in [1.54, 1.807) is 24.3 Å². The lowest BCUT2D eigenvalue weighted by Gasteiger charge is -2.09. The van der Waals surface area contributed by atoms with E-state index in [4.69, 9.17) is 0 Å². The minimum atomic E-state index is -1.52. The molecule has 0 amide bonds. The fraction of sp³-hybridized carbons (Fsp3) is 0.0833. The Morgan fingerprint density at radius 2 is 1.88 bits per heavy atom. The smallest absolute Gasteiger partial charge is 0.385 e.